The Morgan fingerprint density at radius 3 is 2.53 bits per heavy atom. The van der Waals surface area contributed by atoms with Crippen molar-refractivity contribution in [2.24, 2.45) is 0 Å². The van der Waals surface area contributed by atoms with Crippen molar-refractivity contribution in [1.29, 1.82) is 0 Å². The van der Waals surface area contributed by atoms with E-state index in [2.05, 4.69) is 4.72 Å². The van der Waals surface area contributed by atoms with Gasteiger partial charge in [-0.25, -0.2) is 8.42 Å². The summed E-state index contributed by atoms with van der Waals surface area (Å²) in [5.74, 6) is 0.102. The fourth-order valence-electron chi connectivity index (χ4n) is 1.37. The molecule has 0 aliphatic heterocycles. The topological polar surface area (TPSA) is 95.5 Å². The number of hydrogen-bond donors (Lipinski definition) is 1. The number of benzene rings is 1. The first-order valence-electron chi connectivity index (χ1n) is 5.17. The zero-order valence-corrected chi connectivity index (χ0v) is 14.6. The molecule has 1 N–H and O–H groups in total. The zero-order chi connectivity index (χ0) is 13.8. The Kier molecular flexibility index (Phi) is 8.18. The van der Waals surface area contributed by atoms with Crippen LogP contribution < -0.4 is 39.0 Å². The molecule has 0 radical (unpaired) electrons. The SMILES string of the molecule is CCCS(=O)(=O)Nc1ccc(S(=O)[O-])c(OC)c1.[Na+]. The van der Waals surface area contributed by atoms with Gasteiger partial charge in [-0.05, 0) is 29.6 Å². The van der Waals surface area contributed by atoms with Crippen LogP contribution in [0.1, 0.15) is 13.3 Å². The Bertz CT molecular complexity index is 547. The molecule has 1 rings (SSSR count). The molecule has 1 aromatic rings. The first-order chi connectivity index (χ1) is 8.39. The van der Waals surface area contributed by atoms with Crippen LogP contribution in [-0.2, 0) is 21.1 Å². The van der Waals surface area contributed by atoms with Gasteiger partial charge in [0.2, 0.25) is 10.0 Å². The van der Waals surface area contributed by atoms with Gasteiger partial charge in [-0.15, -0.1) is 0 Å². The van der Waals surface area contributed by atoms with Gasteiger partial charge in [0.05, 0.1) is 23.4 Å². The maximum absolute atomic E-state index is 11.5. The maximum Gasteiger partial charge on any atom is 1.00 e. The van der Waals surface area contributed by atoms with Crippen LogP contribution in [0.5, 0.6) is 5.75 Å². The minimum atomic E-state index is -3.40. The molecule has 0 heterocycles. The second-order valence-electron chi connectivity index (χ2n) is 3.52. The molecule has 9 heteroatoms. The molecule has 0 saturated carbocycles. The molecule has 0 aromatic heterocycles. The molecule has 1 atom stereocenters. The van der Waals surface area contributed by atoms with Crippen LogP contribution in [0, 0.1) is 0 Å². The van der Waals surface area contributed by atoms with E-state index in [9.17, 15) is 17.2 Å². The van der Waals surface area contributed by atoms with E-state index in [0.29, 0.717) is 6.42 Å². The van der Waals surface area contributed by atoms with Crippen molar-refractivity contribution >= 4 is 26.8 Å². The third-order valence-corrected chi connectivity index (χ3v) is 4.28. The summed E-state index contributed by atoms with van der Waals surface area (Å²) in [6.45, 7) is 1.75. The van der Waals surface area contributed by atoms with Gasteiger partial charge >= 0.3 is 29.6 Å². The zero-order valence-electron chi connectivity index (χ0n) is 11.0. The van der Waals surface area contributed by atoms with Crippen molar-refractivity contribution in [2.75, 3.05) is 17.6 Å². The van der Waals surface area contributed by atoms with E-state index in [4.69, 9.17) is 4.74 Å². The molecule has 0 spiro atoms. The van der Waals surface area contributed by atoms with E-state index in [1.165, 1.54) is 25.3 Å². The van der Waals surface area contributed by atoms with Gasteiger partial charge in [0.1, 0.15) is 5.75 Å². The van der Waals surface area contributed by atoms with Gasteiger partial charge in [0.15, 0.2) is 0 Å². The summed E-state index contributed by atoms with van der Waals surface area (Å²) in [6.07, 6.45) is 0.495. The number of anilines is 1. The first kappa shape index (κ1) is 18.9. The average Bonchev–Trinajstić information content (AvgIpc) is 2.27. The summed E-state index contributed by atoms with van der Waals surface area (Å²) >= 11 is -2.43. The van der Waals surface area contributed by atoms with Crippen LogP contribution in [-0.4, -0.2) is 30.0 Å². The third-order valence-electron chi connectivity index (χ3n) is 2.09. The molecule has 1 aromatic carbocycles. The Morgan fingerprint density at radius 1 is 1.42 bits per heavy atom. The van der Waals surface area contributed by atoms with Crippen LogP contribution in [0.2, 0.25) is 0 Å². The summed E-state index contributed by atoms with van der Waals surface area (Å²) in [6, 6.07) is 3.99. The Labute approximate surface area is 137 Å². The van der Waals surface area contributed by atoms with Crippen LogP contribution in [0.15, 0.2) is 23.1 Å². The van der Waals surface area contributed by atoms with Crippen molar-refractivity contribution in [3.05, 3.63) is 18.2 Å². The minimum Gasteiger partial charge on any atom is -0.768 e. The van der Waals surface area contributed by atoms with Crippen molar-refractivity contribution < 1.29 is 51.5 Å². The Morgan fingerprint density at radius 2 is 2.05 bits per heavy atom. The van der Waals surface area contributed by atoms with Gasteiger partial charge in [-0.2, -0.15) is 0 Å². The van der Waals surface area contributed by atoms with Gasteiger partial charge in [-0.3, -0.25) is 8.93 Å². The quantitative estimate of drug-likeness (QED) is 0.488. The Hall–Kier alpha value is -0.120. The molecular weight excluding hydrogens is 301 g/mol. The van der Waals surface area contributed by atoms with E-state index in [1.54, 1.807) is 6.92 Å². The predicted octanol–water partition coefficient (Wildman–Crippen LogP) is -1.91. The summed E-state index contributed by atoms with van der Waals surface area (Å²) in [4.78, 5) is -0.0176. The number of hydrogen-bond acceptors (Lipinski definition) is 5. The number of nitrogens with one attached hydrogen (secondary N) is 1. The standard InChI is InChI=1S/C10H15NO5S2.Na/c1-3-6-18(14,15)11-8-4-5-10(17(12)13)9(7-8)16-2;/h4-5,7,11H,3,6H2,1-2H3,(H,12,13);/q;+1/p-1. The molecule has 0 aliphatic carbocycles. The predicted molar refractivity (Wildman–Crippen MR) is 67.9 cm³/mol. The van der Waals surface area contributed by atoms with Gasteiger partial charge in [-0.1, -0.05) is 6.92 Å². The monoisotopic (exact) mass is 315 g/mol. The second-order valence-corrected chi connectivity index (χ2v) is 6.27. The van der Waals surface area contributed by atoms with Crippen LogP contribution in [0.25, 0.3) is 0 Å². The van der Waals surface area contributed by atoms with E-state index < -0.39 is 21.1 Å². The molecular formula is C10H14NNaO5S2. The molecule has 0 aliphatic rings. The van der Waals surface area contributed by atoms with Crippen molar-refractivity contribution in [2.45, 2.75) is 18.2 Å². The molecule has 102 valence electrons. The fourth-order valence-corrected chi connectivity index (χ4v) is 2.98. The third kappa shape index (κ3) is 5.80. The summed E-state index contributed by atoms with van der Waals surface area (Å²) in [5.41, 5.74) is 0.273. The van der Waals surface area contributed by atoms with Gasteiger partial charge in [0, 0.05) is 6.07 Å². The summed E-state index contributed by atoms with van der Waals surface area (Å²) < 4.78 is 52.1. The Balaban J connectivity index is 0.00000324. The van der Waals surface area contributed by atoms with Gasteiger partial charge in [0.25, 0.3) is 0 Å². The van der Waals surface area contributed by atoms with E-state index in [1.807, 2.05) is 0 Å². The summed E-state index contributed by atoms with van der Waals surface area (Å²) in [7, 11) is -2.09. The number of rotatable bonds is 6. The molecule has 0 bridgehead atoms. The van der Waals surface area contributed by atoms with E-state index >= 15 is 0 Å². The van der Waals surface area contributed by atoms with E-state index in [0.717, 1.165) is 0 Å². The molecule has 0 fully saturated rings. The molecule has 1 unspecified atom stereocenters. The van der Waals surface area contributed by atoms with Crippen LogP contribution in [0.4, 0.5) is 5.69 Å². The number of methoxy groups -OCH3 is 1. The average molecular weight is 315 g/mol. The van der Waals surface area contributed by atoms with Crippen LogP contribution >= 0.6 is 0 Å². The van der Waals surface area contributed by atoms with Crippen LogP contribution in [0.3, 0.4) is 0 Å². The van der Waals surface area contributed by atoms with Crippen molar-refractivity contribution in [1.82, 2.24) is 0 Å². The minimum absolute atomic E-state index is 0. The normalized spacial score (nSPS) is 12.4. The molecule has 19 heavy (non-hydrogen) atoms. The molecule has 0 saturated heterocycles. The smallest absolute Gasteiger partial charge is 0.768 e. The fraction of sp³-hybridized carbons (Fsp3) is 0.400. The second kappa shape index (κ2) is 8.23. The van der Waals surface area contributed by atoms with Gasteiger partial charge < -0.3 is 9.29 Å². The molecule has 0 amide bonds. The number of sulfonamides is 1. The van der Waals surface area contributed by atoms with E-state index in [-0.39, 0.29) is 51.6 Å². The maximum atomic E-state index is 11.5. The number of ether oxygens (including phenoxy) is 1. The summed E-state index contributed by atoms with van der Waals surface area (Å²) in [5, 5.41) is 0. The largest absolute Gasteiger partial charge is 1.00 e. The molecule has 6 nitrogen and oxygen atoms in total. The van der Waals surface area contributed by atoms with Crippen molar-refractivity contribution in [3.63, 3.8) is 0 Å². The first-order valence-corrected chi connectivity index (χ1v) is 7.90. The van der Waals surface area contributed by atoms with Crippen molar-refractivity contribution in [3.8, 4) is 5.75 Å².